The second kappa shape index (κ2) is 6.50. The Kier molecular flexibility index (Phi) is 4.98. The molecule has 18 heavy (non-hydrogen) atoms. The van der Waals surface area contributed by atoms with Crippen LogP contribution in [0.15, 0.2) is 39.5 Å². The second-order valence-electron chi connectivity index (χ2n) is 4.40. The summed E-state index contributed by atoms with van der Waals surface area (Å²) in [6.45, 7) is 5.41. The number of nitrogens with one attached hydrogen (secondary N) is 1. The third-order valence-corrected chi connectivity index (χ3v) is 4.66. The normalized spacial score (nSPS) is 12.6. The highest BCUT2D eigenvalue weighted by Crippen LogP contribution is 2.30. The van der Waals surface area contributed by atoms with E-state index in [0.29, 0.717) is 6.04 Å². The van der Waals surface area contributed by atoms with E-state index in [4.69, 9.17) is 0 Å². The molecule has 0 saturated carbocycles. The molecule has 1 aromatic heterocycles. The smallest absolute Gasteiger partial charge is 0.0587 e. The van der Waals surface area contributed by atoms with E-state index < -0.39 is 0 Å². The third kappa shape index (κ3) is 3.02. The van der Waals surface area contributed by atoms with Crippen LogP contribution in [-0.2, 0) is 0 Å². The molecule has 96 valence electrons. The van der Waals surface area contributed by atoms with Crippen LogP contribution in [0.4, 0.5) is 0 Å². The highest BCUT2D eigenvalue weighted by Gasteiger charge is 2.16. The van der Waals surface area contributed by atoms with Gasteiger partial charge in [0.05, 0.1) is 6.04 Å². The Bertz CT molecular complexity index is 493. The van der Waals surface area contributed by atoms with E-state index in [2.05, 4.69) is 70.1 Å². The molecule has 1 unspecified atom stereocenters. The summed E-state index contributed by atoms with van der Waals surface area (Å²) >= 11 is 5.38. The predicted molar refractivity (Wildman–Crippen MR) is 83.3 cm³/mol. The van der Waals surface area contributed by atoms with E-state index in [1.807, 2.05) is 0 Å². The molecule has 2 rings (SSSR count). The van der Waals surface area contributed by atoms with Crippen molar-refractivity contribution in [2.45, 2.75) is 26.3 Å². The lowest BCUT2D eigenvalue weighted by atomic mass is 9.97. The molecule has 1 nitrogen and oxygen atoms in total. The highest BCUT2D eigenvalue weighted by molar-refractivity contribution is 9.10. The molecule has 0 aliphatic rings. The van der Waals surface area contributed by atoms with Gasteiger partial charge in [-0.15, -0.1) is 0 Å². The standard InChI is InChI=1S/C15H18BrNS/c1-3-8-17-15(12-7-9-18-10-12)13-5-4-6-14(16)11(13)2/h4-7,9-10,15,17H,3,8H2,1-2H3. The molecule has 1 N–H and O–H groups in total. The minimum Gasteiger partial charge on any atom is -0.306 e. The lowest BCUT2D eigenvalue weighted by Gasteiger charge is -2.21. The van der Waals surface area contributed by atoms with Gasteiger partial charge in [-0.1, -0.05) is 35.0 Å². The highest BCUT2D eigenvalue weighted by atomic mass is 79.9. The summed E-state index contributed by atoms with van der Waals surface area (Å²) in [6, 6.07) is 8.93. The number of rotatable bonds is 5. The monoisotopic (exact) mass is 323 g/mol. The summed E-state index contributed by atoms with van der Waals surface area (Å²) in [5, 5.41) is 8.01. The summed E-state index contributed by atoms with van der Waals surface area (Å²) in [5.74, 6) is 0. The Morgan fingerprint density at radius 1 is 1.33 bits per heavy atom. The SMILES string of the molecule is CCCNC(c1ccsc1)c1cccc(Br)c1C. The molecule has 0 aliphatic heterocycles. The van der Waals surface area contributed by atoms with Gasteiger partial charge in [0, 0.05) is 4.47 Å². The van der Waals surface area contributed by atoms with Gasteiger partial charge in [0.15, 0.2) is 0 Å². The first-order valence-electron chi connectivity index (χ1n) is 6.24. The fraction of sp³-hybridized carbons (Fsp3) is 0.333. The molecular weight excluding hydrogens is 306 g/mol. The Morgan fingerprint density at radius 2 is 2.17 bits per heavy atom. The molecule has 0 saturated heterocycles. The molecule has 1 aromatic carbocycles. The van der Waals surface area contributed by atoms with E-state index in [1.165, 1.54) is 21.2 Å². The molecule has 3 heteroatoms. The molecule has 0 radical (unpaired) electrons. The number of thiophene rings is 1. The summed E-state index contributed by atoms with van der Waals surface area (Å²) in [4.78, 5) is 0. The van der Waals surface area contributed by atoms with Crippen molar-refractivity contribution >= 4 is 27.3 Å². The van der Waals surface area contributed by atoms with Crippen LogP contribution >= 0.6 is 27.3 Å². The van der Waals surface area contributed by atoms with Gasteiger partial charge in [0.25, 0.3) is 0 Å². The average molecular weight is 324 g/mol. The van der Waals surface area contributed by atoms with Gasteiger partial charge >= 0.3 is 0 Å². The van der Waals surface area contributed by atoms with Crippen molar-refractivity contribution in [1.29, 1.82) is 0 Å². The fourth-order valence-electron chi connectivity index (χ4n) is 2.07. The molecular formula is C15H18BrNS. The Morgan fingerprint density at radius 3 is 2.83 bits per heavy atom. The maximum Gasteiger partial charge on any atom is 0.0587 e. The van der Waals surface area contributed by atoms with Crippen molar-refractivity contribution in [1.82, 2.24) is 5.32 Å². The summed E-state index contributed by atoms with van der Waals surface area (Å²) in [5.41, 5.74) is 4.03. The predicted octanol–water partition coefficient (Wildman–Crippen LogP) is 4.91. The van der Waals surface area contributed by atoms with Crippen LogP contribution in [0.3, 0.4) is 0 Å². The number of halogens is 1. The minimum atomic E-state index is 0.300. The minimum absolute atomic E-state index is 0.300. The first-order chi connectivity index (χ1) is 8.74. The first kappa shape index (κ1) is 13.8. The number of hydrogen-bond acceptors (Lipinski definition) is 2. The summed E-state index contributed by atoms with van der Waals surface area (Å²) in [6.07, 6.45) is 1.15. The third-order valence-electron chi connectivity index (χ3n) is 3.10. The zero-order valence-corrected chi connectivity index (χ0v) is 13.1. The van der Waals surface area contributed by atoms with Crippen molar-refractivity contribution in [3.63, 3.8) is 0 Å². The van der Waals surface area contributed by atoms with E-state index in [-0.39, 0.29) is 0 Å². The van der Waals surface area contributed by atoms with Crippen molar-refractivity contribution in [3.8, 4) is 0 Å². The van der Waals surface area contributed by atoms with Crippen LogP contribution in [0.2, 0.25) is 0 Å². The molecule has 2 aromatic rings. The molecule has 0 aliphatic carbocycles. The largest absolute Gasteiger partial charge is 0.306 e. The summed E-state index contributed by atoms with van der Waals surface area (Å²) < 4.78 is 1.18. The zero-order valence-electron chi connectivity index (χ0n) is 10.7. The molecule has 0 bridgehead atoms. The maximum atomic E-state index is 3.64. The molecule has 0 amide bonds. The van der Waals surface area contributed by atoms with Gasteiger partial charge in [-0.25, -0.2) is 0 Å². The first-order valence-corrected chi connectivity index (χ1v) is 7.98. The van der Waals surface area contributed by atoms with Crippen LogP contribution in [0, 0.1) is 6.92 Å². The van der Waals surface area contributed by atoms with Gasteiger partial charge < -0.3 is 5.32 Å². The zero-order chi connectivity index (χ0) is 13.0. The Balaban J connectivity index is 2.37. The van der Waals surface area contributed by atoms with Crippen LogP contribution in [0.1, 0.15) is 36.1 Å². The van der Waals surface area contributed by atoms with Gasteiger partial charge in [-0.3, -0.25) is 0 Å². The van der Waals surface area contributed by atoms with Crippen molar-refractivity contribution in [3.05, 3.63) is 56.2 Å². The van der Waals surface area contributed by atoms with Crippen LogP contribution in [0.5, 0.6) is 0 Å². The Labute approximate surface area is 121 Å². The average Bonchev–Trinajstić information content (AvgIpc) is 2.88. The second-order valence-corrected chi connectivity index (χ2v) is 6.03. The van der Waals surface area contributed by atoms with E-state index in [9.17, 15) is 0 Å². The van der Waals surface area contributed by atoms with Gasteiger partial charge in [0.1, 0.15) is 0 Å². The van der Waals surface area contributed by atoms with Crippen molar-refractivity contribution in [2.75, 3.05) is 6.54 Å². The van der Waals surface area contributed by atoms with E-state index in [0.717, 1.165) is 13.0 Å². The van der Waals surface area contributed by atoms with Crippen molar-refractivity contribution < 1.29 is 0 Å². The lowest BCUT2D eigenvalue weighted by molar-refractivity contribution is 0.597. The molecule has 1 heterocycles. The maximum absolute atomic E-state index is 3.64. The van der Waals surface area contributed by atoms with Gasteiger partial charge in [0.2, 0.25) is 0 Å². The lowest BCUT2D eigenvalue weighted by Crippen LogP contribution is -2.23. The van der Waals surface area contributed by atoms with Gasteiger partial charge in [-0.05, 0) is 59.5 Å². The quantitative estimate of drug-likeness (QED) is 0.824. The van der Waals surface area contributed by atoms with E-state index >= 15 is 0 Å². The topological polar surface area (TPSA) is 12.0 Å². The number of benzene rings is 1. The molecule has 1 atom stereocenters. The van der Waals surface area contributed by atoms with E-state index in [1.54, 1.807) is 11.3 Å². The van der Waals surface area contributed by atoms with Crippen molar-refractivity contribution in [2.24, 2.45) is 0 Å². The van der Waals surface area contributed by atoms with Crippen LogP contribution in [-0.4, -0.2) is 6.54 Å². The van der Waals surface area contributed by atoms with Crippen LogP contribution in [0.25, 0.3) is 0 Å². The Hall–Kier alpha value is -0.640. The summed E-state index contributed by atoms with van der Waals surface area (Å²) in [7, 11) is 0. The fourth-order valence-corrected chi connectivity index (χ4v) is 3.14. The molecule has 0 fully saturated rings. The molecule has 0 spiro atoms. The number of hydrogen-bond donors (Lipinski definition) is 1. The van der Waals surface area contributed by atoms with Gasteiger partial charge in [-0.2, -0.15) is 11.3 Å². The van der Waals surface area contributed by atoms with Crippen LogP contribution < -0.4 is 5.32 Å².